The number of amides is 1. The van der Waals surface area contributed by atoms with Gasteiger partial charge in [0.1, 0.15) is 5.82 Å². The number of methoxy groups -OCH3 is 2. The topological polar surface area (TPSA) is 93.9 Å². The Balaban J connectivity index is 1.66. The molecule has 0 saturated heterocycles. The van der Waals surface area contributed by atoms with Gasteiger partial charge < -0.3 is 19.1 Å². The number of carboxylic acids is 1. The molecule has 2 aliphatic rings. The monoisotopic (exact) mass is 505 g/mol. The summed E-state index contributed by atoms with van der Waals surface area (Å²) in [4.78, 5) is 31.9. The summed E-state index contributed by atoms with van der Waals surface area (Å²) in [5.74, 6) is -0.804. The van der Waals surface area contributed by atoms with Crippen LogP contribution in [0.3, 0.4) is 0 Å². The molecule has 2 unspecified atom stereocenters. The number of carbonyl (C=O) groups is 2. The van der Waals surface area contributed by atoms with Crippen molar-refractivity contribution in [2.24, 2.45) is 0 Å². The normalized spacial score (nSPS) is 22.5. The average Bonchev–Trinajstić information content (AvgIpc) is 3.30. The van der Waals surface area contributed by atoms with Crippen molar-refractivity contribution >= 4 is 28.8 Å². The minimum Gasteiger partial charge on any atom is -0.481 e. The molecule has 1 fully saturated rings. The van der Waals surface area contributed by atoms with E-state index < -0.39 is 11.9 Å². The Labute approximate surface area is 217 Å². The Morgan fingerprint density at radius 1 is 1.11 bits per heavy atom. The molecule has 1 saturated carbocycles. The quantitative estimate of drug-likeness (QED) is 0.476. The summed E-state index contributed by atoms with van der Waals surface area (Å²) in [7, 11) is 3.16. The number of carbonyl (C=O) groups excluding carboxylic acids is 1. The number of anilines is 1. The molecule has 37 heavy (non-hydrogen) atoms. The highest BCUT2D eigenvalue weighted by molar-refractivity contribution is 5.95. The lowest BCUT2D eigenvalue weighted by Crippen LogP contribution is -2.42. The summed E-state index contributed by atoms with van der Waals surface area (Å²) in [6, 6.07) is 13.6. The van der Waals surface area contributed by atoms with Crippen molar-refractivity contribution in [1.82, 2.24) is 9.55 Å². The number of imidazole rings is 1. The molecule has 1 aliphatic carbocycles. The number of nitrogens with zero attached hydrogens (tertiary/aromatic N) is 3. The van der Waals surface area contributed by atoms with Crippen LogP contribution in [0.15, 0.2) is 42.5 Å². The van der Waals surface area contributed by atoms with Crippen molar-refractivity contribution in [3.63, 3.8) is 0 Å². The zero-order chi connectivity index (χ0) is 26.1. The van der Waals surface area contributed by atoms with Gasteiger partial charge in [-0.3, -0.25) is 9.69 Å². The summed E-state index contributed by atoms with van der Waals surface area (Å²) in [6.45, 7) is 2.03. The van der Waals surface area contributed by atoms with Crippen LogP contribution in [-0.2, 0) is 27.1 Å². The number of rotatable bonds is 6. The first kappa shape index (κ1) is 25.3. The number of benzene rings is 2. The van der Waals surface area contributed by atoms with E-state index in [0.29, 0.717) is 0 Å². The summed E-state index contributed by atoms with van der Waals surface area (Å²) >= 11 is 0. The molecule has 2 aromatic carbocycles. The van der Waals surface area contributed by atoms with Gasteiger partial charge in [0.25, 0.3) is 0 Å². The molecule has 8 nitrogen and oxygen atoms in total. The molecule has 1 aromatic heterocycles. The Kier molecular flexibility index (Phi) is 7.20. The smallest absolute Gasteiger partial charge is 0.414 e. The van der Waals surface area contributed by atoms with E-state index in [1.54, 1.807) is 12.0 Å². The average molecular weight is 506 g/mol. The summed E-state index contributed by atoms with van der Waals surface area (Å²) in [5, 5.41) is 10.2. The number of fused-ring (bicyclic) bond motifs is 3. The molecule has 2 heterocycles. The van der Waals surface area contributed by atoms with Crippen LogP contribution in [0.4, 0.5) is 10.5 Å². The van der Waals surface area contributed by atoms with Gasteiger partial charge in [-0.15, -0.1) is 0 Å². The van der Waals surface area contributed by atoms with E-state index >= 15 is 0 Å². The number of ether oxygens (including phenoxy) is 2. The SMILES string of the molecule is COC(=O)N1c2ccc3c(nc(CC(C(=O)O)c4ccccc4)n3[C@@H]3CCC[C@@H](OC)C3)c2CCC1C. The van der Waals surface area contributed by atoms with E-state index in [9.17, 15) is 14.7 Å². The number of aryl methyl sites for hydroxylation is 1. The molecule has 0 radical (unpaired) electrons. The van der Waals surface area contributed by atoms with Gasteiger partial charge in [-0.1, -0.05) is 30.3 Å². The van der Waals surface area contributed by atoms with E-state index in [0.717, 1.165) is 72.2 Å². The Bertz CT molecular complexity index is 1290. The maximum Gasteiger partial charge on any atom is 0.414 e. The van der Waals surface area contributed by atoms with Crippen molar-refractivity contribution in [3.8, 4) is 0 Å². The summed E-state index contributed by atoms with van der Waals surface area (Å²) < 4.78 is 13.1. The molecule has 1 N–H and O–H groups in total. The van der Waals surface area contributed by atoms with Gasteiger partial charge in [0.05, 0.1) is 35.9 Å². The first-order chi connectivity index (χ1) is 17.9. The van der Waals surface area contributed by atoms with Crippen molar-refractivity contribution < 1.29 is 24.2 Å². The lowest BCUT2D eigenvalue weighted by atomic mass is 9.91. The number of hydrogen-bond donors (Lipinski definition) is 1. The van der Waals surface area contributed by atoms with Crippen LogP contribution in [0, 0.1) is 0 Å². The maximum atomic E-state index is 12.6. The second-order valence-electron chi connectivity index (χ2n) is 10.2. The molecule has 196 valence electrons. The lowest BCUT2D eigenvalue weighted by Gasteiger charge is -2.34. The van der Waals surface area contributed by atoms with E-state index in [2.05, 4.69) is 4.57 Å². The highest BCUT2D eigenvalue weighted by atomic mass is 16.5. The summed E-state index contributed by atoms with van der Waals surface area (Å²) in [6.07, 6.45) is 5.60. The minimum atomic E-state index is -0.865. The molecule has 0 bridgehead atoms. The number of aromatic nitrogens is 2. The first-order valence-corrected chi connectivity index (χ1v) is 13.1. The molecule has 1 aliphatic heterocycles. The Morgan fingerprint density at radius 2 is 1.89 bits per heavy atom. The van der Waals surface area contributed by atoms with Gasteiger partial charge in [0.2, 0.25) is 0 Å². The molecule has 4 atom stereocenters. The van der Waals surface area contributed by atoms with E-state index in [4.69, 9.17) is 14.5 Å². The molecule has 3 aromatic rings. The fourth-order valence-electron chi connectivity index (χ4n) is 6.16. The predicted octanol–water partition coefficient (Wildman–Crippen LogP) is 5.48. The Morgan fingerprint density at radius 3 is 2.59 bits per heavy atom. The number of carboxylic acid groups (broad SMARTS) is 1. The third-order valence-corrected chi connectivity index (χ3v) is 8.08. The fourth-order valence-corrected chi connectivity index (χ4v) is 6.16. The van der Waals surface area contributed by atoms with Gasteiger partial charge >= 0.3 is 12.1 Å². The van der Waals surface area contributed by atoms with E-state index in [1.807, 2.05) is 49.4 Å². The zero-order valence-corrected chi connectivity index (χ0v) is 21.7. The van der Waals surface area contributed by atoms with Crippen LogP contribution in [0.2, 0.25) is 0 Å². The van der Waals surface area contributed by atoms with Crippen LogP contribution in [0.1, 0.15) is 67.9 Å². The van der Waals surface area contributed by atoms with E-state index in [-0.39, 0.29) is 30.7 Å². The number of aliphatic carboxylic acids is 1. The highest BCUT2D eigenvalue weighted by Gasteiger charge is 2.34. The van der Waals surface area contributed by atoms with E-state index in [1.165, 1.54) is 7.11 Å². The largest absolute Gasteiger partial charge is 0.481 e. The molecule has 1 amide bonds. The number of hydrogen-bond acceptors (Lipinski definition) is 5. The van der Waals surface area contributed by atoms with Gasteiger partial charge in [-0.25, -0.2) is 9.78 Å². The Hall–Kier alpha value is -3.39. The van der Waals surface area contributed by atoms with Crippen LogP contribution >= 0.6 is 0 Å². The third-order valence-electron chi connectivity index (χ3n) is 8.08. The fraction of sp³-hybridized carbons (Fsp3) is 0.483. The van der Waals surface area contributed by atoms with Gasteiger partial charge in [0.15, 0.2) is 0 Å². The molecule has 0 spiro atoms. The third kappa shape index (κ3) is 4.70. The molecule has 5 rings (SSSR count). The van der Waals surface area contributed by atoms with Crippen LogP contribution < -0.4 is 4.90 Å². The predicted molar refractivity (Wildman–Crippen MR) is 141 cm³/mol. The van der Waals surface area contributed by atoms with Gasteiger partial charge in [0, 0.05) is 31.2 Å². The summed E-state index contributed by atoms with van der Waals surface area (Å²) in [5.41, 5.74) is 4.45. The lowest BCUT2D eigenvalue weighted by molar-refractivity contribution is -0.138. The van der Waals surface area contributed by atoms with Crippen LogP contribution in [-0.4, -0.2) is 53.1 Å². The standard InChI is InChI=1S/C29H35N3O5/c1-18-12-13-22-24(31(18)29(35)37-3)14-15-25-27(22)30-26(32(25)20-10-7-11-21(16-20)36-2)17-23(28(33)34)19-8-5-4-6-9-19/h4-6,8-9,14-15,18,20-21,23H,7,10-13,16-17H2,1-3H3,(H,33,34)/t18?,20-,21-,23?/m1/s1. The second kappa shape index (κ2) is 10.5. The zero-order valence-electron chi connectivity index (χ0n) is 21.7. The van der Waals surface area contributed by atoms with Crippen molar-refractivity contribution in [2.45, 2.75) is 76.0 Å². The van der Waals surface area contributed by atoms with Crippen molar-refractivity contribution in [2.75, 3.05) is 19.1 Å². The van der Waals surface area contributed by atoms with Crippen molar-refractivity contribution in [3.05, 3.63) is 59.4 Å². The molecular weight excluding hydrogens is 470 g/mol. The maximum absolute atomic E-state index is 12.6. The van der Waals surface area contributed by atoms with Crippen LogP contribution in [0.25, 0.3) is 11.0 Å². The molecular formula is C29H35N3O5. The highest BCUT2D eigenvalue weighted by Crippen LogP contribution is 2.40. The first-order valence-electron chi connectivity index (χ1n) is 13.1. The second-order valence-corrected chi connectivity index (χ2v) is 10.2. The molecule has 8 heteroatoms. The van der Waals surface area contributed by atoms with Gasteiger partial charge in [-0.05, 0) is 63.1 Å². The van der Waals surface area contributed by atoms with Crippen LogP contribution in [0.5, 0.6) is 0 Å². The minimum absolute atomic E-state index is 0.0224. The van der Waals surface area contributed by atoms with Gasteiger partial charge in [-0.2, -0.15) is 0 Å². The van der Waals surface area contributed by atoms with Crippen molar-refractivity contribution in [1.29, 1.82) is 0 Å².